The summed E-state index contributed by atoms with van der Waals surface area (Å²) < 4.78 is 5.96. The van der Waals surface area contributed by atoms with Gasteiger partial charge in [0.2, 0.25) is 0 Å². The first-order valence-electron chi connectivity index (χ1n) is 6.37. The van der Waals surface area contributed by atoms with Crippen LogP contribution in [0.25, 0.3) is 0 Å². The second-order valence-corrected chi connectivity index (χ2v) is 6.31. The smallest absolute Gasteiger partial charge is 0.312 e. The van der Waals surface area contributed by atoms with E-state index in [1.165, 1.54) is 12.7 Å². The maximum Gasteiger partial charge on any atom is 0.312 e. The molecule has 1 rings (SSSR count). The number of esters is 1. The maximum absolute atomic E-state index is 11.6. The van der Waals surface area contributed by atoms with Crippen LogP contribution in [0.4, 0.5) is 0 Å². The Kier molecular flexibility index (Phi) is 6.01. The SMILES string of the molecule is COC(=O)C(C)(C)CN(C)CCc1ccccc1Br. The van der Waals surface area contributed by atoms with Crippen LogP contribution < -0.4 is 0 Å². The van der Waals surface area contributed by atoms with Crippen molar-refractivity contribution in [1.82, 2.24) is 4.90 Å². The molecule has 0 bridgehead atoms. The first-order valence-corrected chi connectivity index (χ1v) is 7.16. The molecule has 0 aromatic heterocycles. The monoisotopic (exact) mass is 327 g/mol. The standard InChI is InChI=1S/C15H22BrNO2/c1-15(2,14(18)19-4)11-17(3)10-9-12-7-5-6-8-13(12)16/h5-8H,9-11H2,1-4H3. The molecule has 0 saturated heterocycles. The van der Waals surface area contributed by atoms with Gasteiger partial charge in [-0.3, -0.25) is 4.79 Å². The summed E-state index contributed by atoms with van der Waals surface area (Å²) in [6.07, 6.45) is 0.954. The van der Waals surface area contributed by atoms with Crippen LogP contribution in [0.1, 0.15) is 19.4 Å². The summed E-state index contributed by atoms with van der Waals surface area (Å²) in [6.45, 7) is 5.41. The van der Waals surface area contributed by atoms with Gasteiger partial charge in [-0.15, -0.1) is 0 Å². The topological polar surface area (TPSA) is 29.5 Å². The van der Waals surface area contributed by atoms with Gasteiger partial charge in [-0.05, 0) is 38.9 Å². The zero-order valence-corrected chi connectivity index (χ0v) is 13.7. The predicted octanol–water partition coefficient (Wildman–Crippen LogP) is 3.12. The Bertz CT molecular complexity index is 432. The Morgan fingerprint density at radius 2 is 2.00 bits per heavy atom. The van der Waals surface area contributed by atoms with Gasteiger partial charge in [-0.25, -0.2) is 0 Å². The van der Waals surface area contributed by atoms with E-state index in [0.717, 1.165) is 17.4 Å². The van der Waals surface area contributed by atoms with Gasteiger partial charge in [0, 0.05) is 17.6 Å². The zero-order valence-electron chi connectivity index (χ0n) is 12.1. The third-order valence-corrected chi connectivity index (χ3v) is 3.90. The first-order chi connectivity index (χ1) is 8.86. The molecule has 0 heterocycles. The van der Waals surface area contributed by atoms with Gasteiger partial charge >= 0.3 is 5.97 Å². The average molecular weight is 328 g/mol. The van der Waals surface area contributed by atoms with Gasteiger partial charge < -0.3 is 9.64 Å². The molecule has 4 heteroatoms. The summed E-state index contributed by atoms with van der Waals surface area (Å²) in [4.78, 5) is 13.8. The van der Waals surface area contributed by atoms with Gasteiger partial charge in [0.1, 0.15) is 0 Å². The number of hydrogen-bond donors (Lipinski definition) is 0. The van der Waals surface area contributed by atoms with Crippen LogP contribution in [-0.4, -0.2) is 38.1 Å². The highest BCUT2D eigenvalue weighted by Crippen LogP contribution is 2.20. The van der Waals surface area contributed by atoms with Crippen LogP contribution in [0.15, 0.2) is 28.7 Å². The van der Waals surface area contributed by atoms with Crippen LogP contribution in [0, 0.1) is 5.41 Å². The Morgan fingerprint density at radius 1 is 1.37 bits per heavy atom. The van der Waals surface area contributed by atoms with Crippen molar-refractivity contribution >= 4 is 21.9 Å². The molecule has 19 heavy (non-hydrogen) atoms. The molecule has 0 atom stereocenters. The van der Waals surface area contributed by atoms with E-state index in [0.29, 0.717) is 6.54 Å². The molecule has 0 aliphatic rings. The third kappa shape index (κ3) is 4.96. The van der Waals surface area contributed by atoms with Crippen molar-refractivity contribution < 1.29 is 9.53 Å². The Hall–Kier alpha value is -0.870. The minimum atomic E-state index is -0.475. The van der Waals surface area contributed by atoms with Crippen molar-refractivity contribution in [3.63, 3.8) is 0 Å². The minimum absolute atomic E-state index is 0.166. The molecule has 0 saturated carbocycles. The molecule has 0 spiro atoms. The number of ether oxygens (including phenoxy) is 1. The molecular weight excluding hydrogens is 306 g/mol. The summed E-state index contributed by atoms with van der Waals surface area (Å²) in [6, 6.07) is 8.22. The lowest BCUT2D eigenvalue weighted by Gasteiger charge is -2.27. The lowest BCUT2D eigenvalue weighted by atomic mass is 9.93. The van der Waals surface area contributed by atoms with Crippen molar-refractivity contribution in [3.05, 3.63) is 34.3 Å². The van der Waals surface area contributed by atoms with Crippen molar-refractivity contribution in [3.8, 4) is 0 Å². The normalized spacial score (nSPS) is 11.7. The van der Waals surface area contributed by atoms with Crippen LogP contribution in [0.2, 0.25) is 0 Å². The second-order valence-electron chi connectivity index (χ2n) is 5.45. The molecular formula is C15H22BrNO2. The Morgan fingerprint density at radius 3 is 2.58 bits per heavy atom. The number of hydrogen-bond acceptors (Lipinski definition) is 3. The van der Waals surface area contributed by atoms with Gasteiger partial charge in [0.25, 0.3) is 0 Å². The molecule has 0 radical (unpaired) electrons. The second kappa shape index (κ2) is 7.06. The maximum atomic E-state index is 11.6. The van der Waals surface area contributed by atoms with Crippen molar-refractivity contribution in [2.45, 2.75) is 20.3 Å². The Balaban J connectivity index is 2.50. The summed E-state index contributed by atoms with van der Waals surface area (Å²) in [7, 11) is 3.46. The molecule has 0 fully saturated rings. The fraction of sp³-hybridized carbons (Fsp3) is 0.533. The van der Waals surface area contributed by atoms with E-state index in [2.05, 4.69) is 26.9 Å². The van der Waals surface area contributed by atoms with E-state index < -0.39 is 5.41 Å². The van der Waals surface area contributed by atoms with Gasteiger partial charge in [-0.2, -0.15) is 0 Å². The number of benzene rings is 1. The summed E-state index contributed by atoms with van der Waals surface area (Å²) in [5, 5.41) is 0. The molecule has 1 aromatic carbocycles. The van der Waals surface area contributed by atoms with Crippen LogP contribution in [0.3, 0.4) is 0 Å². The largest absolute Gasteiger partial charge is 0.469 e. The van der Waals surface area contributed by atoms with E-state index >= 15 is 0 Å². The zero-order chi connectivity index (χ0) is 14.5. The van der Waals surface area contributed by atoms with Crippen LogP contribution >= 0.6 is 15.9 Å². The molecule has 0 N–H and O–H groups in total. The van der Waals surface area contributed by atoms with Gasteiger partial charge in [-0.1, -0.05) is 34.1 Å². The van der Waals surface area contributed by atoms with Crippen molar-refractivity contribution in [1.29, 1.82) is 0 Å². The average Bonchev–Trinajstić information content (AvgIpc) is 2.36. The highest BCUT2D eigenvalue weighted by atomic mass is 79.9. The summed E-state index contributed by atoms with van der Waals surface area (Å²) in [5.74, 6) is -0.166. The number of likely N-dealkylation sites (N-methyl/N-ethyl adjacent to an activating group) is 1. The predicted molar refractivity (Wildman–Crippen MR) is 81.1 cm³/mol. The Labute approximate surface area is 124 Å². The number of nitrogens with zero attached hydrogens (tertiary/aromatic N) is 1. The quantitative estimate of drug-likeness (QED) is 0.752. The van der Waals surface area contributed by atoms with E-state index in [4.69, 9.17) is 4.74 Å². The van der Waals surface area contributed by atoms with Crippen molar-refractivity contribution in [2.75, 3.05) is 27.2 Å². The molecule has 0 aliphatic heterocycles. The lowest BCUT2D eigenvalue weighted by molar-refractivity contribution is -0.151. The van der Waals surface area contributed by atoms with Crippen LogP contribution in [-0.2, 0) is 16.0 Å². The summed E-state index contributed by atoms with van der Waals surface area (Å²) >= 11 is 3.55. The highest BCUT2D eigenvalue weighted by molar-refractivity contribution is 9.10. The van der Waals surface area contributed by atoms with Gasteiger partial charge in [0.15, 0.2) is 0 Å². The fourth-order valence-electron chi connectivity index (χ4n) is 2.11. The lowest BCUT2D eigenvalue weighted by Crippen LogP contribution is -2.38. The molecule has 3 nitrogen and oxygen atoms in total. The van der Waals surface area contributed by atoms with E-state index in [-0.39, 0.29) is 5.97 Å². The molecule has 1 aromatic rings. The van der Waals surface area contributed by atoms with E-state index in [9.17, 15) is 4.79 Å². The van der Waals surface area contributed by atoms with E-state index in [1.54, 1.807) is 0 Å². The molecule has 0 amide bonds. The number of rotatable bonds is 6. The molecule has 0 unspecified atom stereocenters. The number of methoxy groups -OCH3 is 1. The van der Waals surface area contributed by atoms with E-state index in [1.807, 2.05) is 39.1 Å². The third-order valence-electron chi connectivity index (χ3n) is 3.12. The van der Waals surface area contributed by atoms with Gasteiger partial charge in [0.05, 0.1) is 12.5 Å². The van der Waals surface area contributed by atoms with Crippen molar-refractivity contribution in [2.24, 2.45) is 5.41 Å². The molecule has 0 aliphatic carbocycles. The minimum Gasteiger partial charge on any atom is -0.469 e. The highest BCUT2D eigenvalue weighted by Gasteiger charge is 2.29. The fourth-order valence-corrected chi connectivity index (χ4v) is 2.59. The first kappa shape index (κ1) is 16.2. The number of carbonyl (C=O) groups excluding carboxylic acids is 1. The summed E-state index contributed by atoms with van der Waals surface area (Å²) in [5.41, 5.74) is 0.808. The van der Waals surface area contributed by atoms with Crippen LogP contribution in [0.5, 0.6) is 0 Å². The number of halogens is 1. The number of carbonyl (C=O) groups is 1. The molecule has 106 valence electrons.